The van der Waals surface area contributed by atoms with Gasteiger partial charge in [-0.25, -0.2) is 0 Å². The van der Waals surface area contributed by atoms with E-state index in [2.05, 4.69) is 0 Å². The smallest absolute Gasteiger partial charge is 0.308 e. The Hall–Kier alpha value is 0.464. The Labute approximate surface area is 47.0 Å². The summed E-state index contributed by atoms with van der Waals surface area (Å²) in [6.45, 7) is 0. The van der Waals surface area contributed by atoms with Crippen LogP contribution >= 0.6 is 0 Å². The first-order valence-electron chi connectivity index (χ1n) is 0.791. The van der Waals surface area contributed by atoms with Gasteiger partial charge in [0, 0.05) is 21.7 Å². The van der Waals surface area contributed by atoms with E-state index in [4.69, 9.17) is 5.11 Å². The molecular formula is CHF3OTi. The summed E-state index contributed by atoms with van der Waals surface area (Å²) in [5.74, 6) is 0. The molecule has 0 saturated carbocycles. The first-order valence-corrected chi connectivity index (χ1v) is 0.791. The average molecular weight is 134 g/mol. The summed E-state index contributed by atoms with van der Waals surface area (Å²) in [4.78, 5) is 0. The third-order valence-corrected chi connectivity index (χ3v) is 0. The maximum Gasteiger partial charge on any atom is 0.519 e. The summed E-state index contributed by atoms with van der Waals surface area (Å²) in [7, 11) is 0. The number of hydrogen-bond donors (Lipinski definition) is 1. The normalized spacial score (nSPS) is 10.0. The summed E-state index contributed by atoms with van der Waals surface area (Å²) in [6, 6.07) is 0. The Morgan fingerprint density at radius 1 is 1.17 bits per heavy atom. The number of halogens is 3. The summed E-state index contributed by atoms with van der Waals surface area (Å²) in [5, 5.41) is 6.52. The number of rotatable bonds is 0. The van der Waals surface area contributed by atoms with Gasteiger partial charge in [0.25, 0.3) is 0 Å². The molecule has 0 heterocycles. The van der Waals surface area contributed by atoms with E-state index in [1.165, 1.54) is 0 Å². The third-order valence-electron chi connectivity index (χ3n) is 0. The molecule has 0 rings (SSSR count). The van der Waals surface area contributed by atoms with Crippen molar-refractivity contribution in [1.82, 2.24) is 0 Å². The van der Waals surface area contributed by atoms with Crippen molar-refractivity contribution >= 4 is 0 Å². The van der Waals surface area contributed by atoms with Crippen molar-refractivity contribution in [2.75, 3.05) is 0 Å². The van der Waals surface area contributed by atoms with E-state index < -0.39 is 6.36 Å². The molecule has 0 amide bonds. The Morgan fingerprint density at radius 3 is 1.17 bits per heavy atom. The first-order chi connectivity index (χ1) is 2.00. The molecule has 0 aromatic rings. The van der Waals surface area contributed by atoms with Gasteiger partial charge in [-0.3, -0.25) is 0 Å². The van der Waals surface area contributed by atoms with Crippen molar-refractivity contribution < 1.29 is 40.0 Å². The predicted molar refractivity (Wildman–Crippen MR) is 8.27 cm³/mol. The van der Waals surface area contributed by atoms with E-state index in [1.54, 1.807) is 0 Å². The summed E-state index contributed by atoms with van der Waals surface area (Å²) < 4.78 is 29.7. The minimum atomic E-state index is -5.00. The largest absolute Gasteiger partial charge is 0.519 e. The maximum absolute atomic E-state index is 9.91. The van der Waals surface area contributed by atoms with Gasteiger partial charge in [0.1, 0.15) is 0 Å². The van der Waals surface area contributed by atoms with Crippen LogP contribution in [0.15, 0.2) is 0 Å². The van der Waals surface area contributed by atoms with Crippen molar-refractivity contribution in [1.29, 1.82) is 0 Å². The van der Waals surface area contributed by atoms with Crippen LogP contribution in [0.4, 0.5) is 13.2 Å². The minimum absolute atomic E-state index is 0. The Morgan fingerprint density at radius 2 is 1.17 bits per heavy atom. The quantitative estimate of drug-likeness (QED) is 0.478. The van der Waals surface area contributed by atoms with Gasteiger partial charge in [0.2, 0.25) is 0 Å². The molecule has 0 atom stereocenters. The molecule has 0 aromatic heterocycles. The van der Waals surface area contributed by atoms with Crippen molar-refractivity contribution in [3.05, 3.63) is 0 Å². The van der Waals surface area contributed by atoms with Gasteiger partial charge in [0.05, 0.1) is 0 Å². The molecule has 0 radical (unpaired) electrons. The van der Waals surface area contributed by atoms with Crippen molar-refractivity contribution in [3.63, 3.8) is 0 Å². The van der Waals surface area contributed by atoms with Gasteiger partial charge in [-0.2, -0.15) is 0 Å². The van der Waals surface area contributed by atoms with E-state index >= 15 is 0 Å². The van der Waals surface area contributed by atoms with Crippen LogP contribution in [0.1, 0.15) is 0 Å². The van der Waals surface area contributed by atoms with Gasteiger partial charge >= 0.3 is 6.36 Å². The zero-order valence-corrected chi connectivity index (χ0v) is 4.14. The predicted octanol–water partition coefficient (Wildman–Crippen LogP) is 0.496. The van der Waals surface area contributed by atoms with E-state index in [-0.39, 0.29) is 21.7 Å². The molecule has 5 heteroatoms. The van der Waals surface area contributed by atoms with Crippen LogP contribution < -0.4 is 0 Å². The summed E-state index contributed by atoms with van der Waals surface area (Å²) in [6.07, 6.45) is -5.00. The Balaban J connectivity index is 0. The molecule has 0 aliphatic heterocycles. The van der Waals surface area contributed by atoms with Crippen molar-refractivity contribution in [2.45, 2.75) is 6.36 Å². The van der Waals surface area contributed by atoms with Gasteiger partial charge in [0.15, 0.2) is 0 Å². The van der Waals surface area contributed by atoms with Gasteiger partial charge < -0.3 is 5.11 Å². The monoisotopic (exact) mass is 134 g/mol. The van der Waals surface area contributed by atoms with Crippen LogP contribution in [0, 0.1) is 0 Å². The molecule has 0 saturated heterocycles. The van der Waals surface area contributed by atoms with Crippen molar-refractivity contribution in [3.8, 4) is 0 Å². The molecule has 0 aromatic carbocycles. The maximum atomic E-state index is 9.91. The average Bonchev–Trinajstić information content (AvgIpc) is 0.722. The second kappa shape index (κ2) is 2.61. The topological polar surface area (TPSA) is 20.2 Å². The molecule has 6 heavy (non-hydrogen) atoms. The van der Waals surface area contributed by atoms with Crippen LogP contribution in [0.5, 0.6) is 0 Å². The Kier molecular flexibility index (Phi) is 4.21. The molecule has 0 aliphatic rings. The molecule has 1 nitrogen and oxygen atoms in total. The van der Waals surface area contributed by atoms with E-state index in [0.717, 1.165) is 0 Å². The molecule has 1 N–H and O–H groups in total. The fourth-order valence-electron chi connectivity index (χ4n) is 0. The summed E-state index contributed by atoms with van der Waals surface area (Å²) in [5.41, 5.74) is 0. The second-order valence-electron chi connectivity index (χ2n) is 0.468. The fourth-order valence-corrected chi connectivity index (χ4v) is 0. The number of hydrogen-bond acceptors (Lipinski definition) is 1. The molecule has 0 unspecified atom stereocenters. The minimum Gasteiger partial charge on any atom is -0.308 e. The second-order valence-corrected chi connectivity index (χ2v) is 0.468. The van der Waals surface area contributed by atoms with E-state index in [1.807, 2.05) is 0 Å². The van der Waals surface area contributed by atoms with Crippen LogP contribution in [0.2, 0.25) is 0 Å². The zero-order valence-electron chi connectivity index (χ0n) is 2.58. The number of aliphatic hydroxyl groups is 1. The number of alkyl halides is 3. The van der Waals surface area contributed by atoms with Crippen molar-refractivity contribution in [2.24, 2.45) is 0 Å². The molecule has 0 fully saturated rings. The van der Waals surface area contributed by atoms with E-state index in [0.29, 0.717) is 0 Å². The third kappa shape index (κ3) is 249. The summed E-state index contributed by atoms with van der Waals surface area (Å²) >= 11 is 0. The molecular weight excluding hydrogens is 133 g/mol. The molecule has 0 spiro atoms. The van der Waals surface area contributed by atoms with Crippen LogP contribution in [0.25, 0.3) is 0 Å². The SMILES string of the molecule is OC(F)(F)F.[Ti]. The molecule has 0 aliphatic carbocycles. The van der Waals surface area contributed by atoms with Gasteiger partial charge in [-0.15, -0.1) is 13.2 Å². The van der Waals surface area contributed by atoms with Crippen LogP contribution in [-0.4, -0.2) is 11.5 Å². The zero-order chi connectivity index (χ0) is 4.50. The van der Waals surface area contributed by atoms with Crippen LogP contribution in [0.3, 0.4) is 0 Å². The molecule has 0 bridgehead atoms. The molecule has 36 valence electrons. The Bertz CT molecular complexity index is 26.3. The first kappa shape index (κ1) is 9.68. The van der Waals surface area contributed by atoms with Crippen LogP contribution in [-0.2, 0) is 21.7 Å². The van der Waals surface area contributed by atoms with Gasteiger partial charge in [-0.1, -0.05) is 0 Å². The fraction of sp³-hybridized carbons (Fsp3) is 1.00. The van der Waals surface area contributed by atoms with E-state index in [9.17, 15) is 13.2 Å². The van der Waals surface area contributed by atoms with Gasteiger partial charge in [-0.05, 0) is 0 Å². The standard InChI is InChI=1S/CHF3O.Ti/c2-1(3,4)5;/h5H;.